The maximum absolute atomic E-state index is 10.5. The topological polar surface area (TPSA) is 187 Å². The zero-order valence-corrected chi connectivity index (χ0v) is 17.1. The molecule has 0 fully saturated rings. The summed E-state index contributed by atoms with van der Waals surface area (Å²) >= 11 is 0. The molecule has 0 aromatic carbocycles. The van der Waals surface area contributed by atoms with Crippen molar-refractivity contribution in [2.24, 2.45) is 0 Å². The zero-order valence-electron chi connectivity index (χ0n) is 10.0. The minimum absolute atomic E-state index is 0. The first-order valence-electron chi connectivity index (χ1n) is 3.86. The molecule has 13 heteroatoms. The number of hydrogen-bond donors (Lipinski definition) is 4. The van der Waals surface area contributed by atoms with Gasteiger partial charge in [-0.2, -0.15) is 0 Å². The molecule has 2 atom stereocenters. The molecule has 1 aliphatic heterocycles. The van der Waals surface area contributed by atoms with Crippen molar-refractivity contribution in [3.63, 3.8) is 0 Å². The molecule has 4 N–H and O–H groups in total. The van der Waals surface area contributed by atoms with Crippen LogP contribution in [0.3, 0.4) is 0 Å². The molecule has 0 saturated carbocycles. The van der Waals surface area contributed by atoms with E-state index in [1.165, 1.54) is 0 Å². The molecule has 10 nitrogen and oxygen atoms in total. The second kappa shape index (κ2) is 11.4. The molecule has 0 radical (unpaired) electrons. The summed E-state index contributed by atoms with van der Waals surface area (Å²) in [7, 11) is -5.17. The van der Waals surface area contributed by atoms with Crippen LogP contribution in [0.25, 0.3) is 0 Å². The summed E-state index contributed by atoms with van der Waals surface area (Å²) < 4.78 is 38.4. The van der Waals surface area contributed by atoms with Gasteiger partial charge < -0.3 is 34.3 Å². The number of ether oxygens (including phenoxy) is 1. The van der Waals surface area contributed by atoms with Crippen LogP contribution in [-0.2, 0) is 19.9 Å². The van der Waals surface area contributed by atoms with Crippen molar-refractivity contribution in [3.05, 3.63) is 11.5 Å². The number of aliphatic hydroxyl groups is 4. The van der Waals surface area contributed by atoms with E-state index in [2.05, 4.69) is 4.74 Å². The molecule has 0 bridgehead atoms. The SMILES string of the molecule is O=C1O[C@H]([C@@H](O)CO)C(O)=C1O.O=S(=O)([O-])[O-].[K+].[K+]. The minimum Gasteiger partial charge on any atom is -0.759 e. The van der Waals surface area contributed by atoms with E-state index >= 15 is 0 Å². The van der Waals surface area contributed by atoms with Crippen LogP contribution in [0.4, 0.5) is 0 Å². The van der Waals surface area contributed by atoms with Gasteiger partial charge in [0.05, 0.1) is 6.61 Å². The van der Waals surface area contributed by atoms with Crippen LogP contribution < -0.4 is 103 Å². The predicted octanol–water partition coefficient (Wildman–Crippen LogP) is -8.74. The summed E-state index contributed by atoms with van der Waals surface area (Å²) in [6.45, 7) is -0.671. The fraction of sp³-hybridized carbons (Fsp3) is 0.500. The van der Waals surface area contributed by atoms with Gasteiger partial charge in [-0.3, -0.25) is 8.42 Å². The van der Waals surface area contributed by atoms with E-state index in [4.69, 9.17) is 37.9 Å². The van der Waals surface area contributed by atoms with Gasteiger partial charge in [-0.15, -0.1) is 0 Å². The summed E-state index contributed by atoms with van der Waals surface area (Å²) in [5.74, 6) is -2.78. The fourth-order valence-electron chi connectivity index (χ4n) is 0.823. The van der Waals surface area contributed by atoms with Gasteiger partial charge in [-0.25, -0.2) is 4.79 Å². The first-order valence-corrected chi connectivity index (χ1v) is 5.20. The van der Waals surface area contributed by atoms with Crippen molar-refractivity contribution in [3.8, 4) is 0 Å². The Morgan fingerprint density at radius 1 is 1.26 bits per heavy atom. The van der Waals surface area contributed by atoms with Crippen molar-refractivity contribution in [1.82, 2.24) is 0 Å². The summed E-state index contributed by atoms with van der Waals surface area (Å²) in [5, 5.41) is 35.0. The molecule has 0 aromatic rings. The van der Waals surface area contributed by atoms with E-state index in [0.29, 0.717) is 0 Å². The van der Waals surface area contributed by atoms with Crippen LogP contribution in [0, 0.1) is 0 Å². The number of cyclic esters (lactones) is 1. The smallest absolute Gasteiger partial charge is 0.759 e. The average molecular weight is 350 g/mol. The Labute approximate surface area is 193 Å². The third kappa shape index (κ3) is 11.1. The van der Waals surface area contributed by atoms with Gasteiger partial charge in [0, 0.05) is 10.4 Å². The summed E-state index contributed by atoms with van der Waals surface area (Å²) in [4.78, 5) is 10.5. The maximum atomic E-state index is 10.5. The van der Waals surface area contributed by atoms with Crippen molar-refractivity contribution >= 4 is 16.4 Å². The molecule has 0 amide bonds. The second-order valence-electron chi connectivity index (χ2n) is 2.72. The van der Waals surface area contributed by atoms with Crippen LogP contribution in [0.2, 0.25) is 0 Å². The number of esters is 1. The molecule has 1 heterocycles. The zero-order chi connectivity index (χ0) is 13.8. The van der Waals surface area contributed by atoms with Gasteiger partial charge in [0.25, 0.3) is 0 Å². The van der Waals surface area contributed by atoms with E-state index in [1.54, 1.807) is 0 Å². The molecule has 0 aromatic heterocycles. The first-order chi connectivity index (χ1) is 7.57. The van der Waals surface area contributed by atoms with E-state index in [9.17, 15) is 4.79 Å². The Morgan fingerprint density at radius 2 is 1.63 bits per heavy atom. The molecule has 0 aliphatic carbocycles. The maximum Gasteiger partial charge on any atom is 1.00 e. The van der Waals surface area contributed by atoms with Gasteiger partial charge in [0.1, 0.15) is 6.10 Å². The van der Waals surface area contributed by atoms with Crippen molar-refractivity contribution in [2.45, 2.75) is 12.2 Å². The van der Waals surface area contributed by atoms with Crippen LogP contribution in [0.5, 0.6) is 0 Å². The van der Waals surface area contributed by atoms with Gasteiger partial charge >= 0.3 is 109 Å². The fourth-order valence-corrected chi connectivity index (χ4v) is 0.823. The standard InChI is InChI=1S/C6H8O6.2K.H2O4S/c7-1-2(8)5-3(9)4(10)6(11)12-5;;;1-5(2,3)4/h2,5,7-10H,1H2;;;(H2,1,2,3,4)/q;2*+1;/p-2/t2-,5+;;;/m0.../s1. The molecule has 1 aliphatic rings. The van der Waals surface area contributed by atoms with Crippen molar-refractivity contribution in [1.29, 1.82) is 0 Å². The van der Waals surface area contributed by atoms with Gasteiger partial charge in [0.2, 0.25) is 5.76 Å². The molecule has 0 spiro atoms. The van der Waals surface area contributed by atoms with E-state index in [-0.39, 0.29) is 103 Å². The molecule has 100 valence electrons. The quantitative estimate of drug-likeness (QED) is 0.161. The molecule has 1 rings (SSSR count). The molecular weight excluding hydrogens is 342 g/mol. The van der Waals surface area contributed by atoms with Crippen molar-refractivity contribution in [2.75, 3.05) is 6.61 Å². The van der Waals surface area contributed by atoms with Crippen LogP contribution >= 0.6 is 0 Å². The Morgan fingerprint density at radius 3 is 1.84 bits per heavy atom. The third-order valence-corrected chi connectivity index (χ3v) is 1.48. The Kier molecular flexibility index (Phi) is 15.5. The van der Waals surface area contributed by atoms with Crippen LogP contribution in [0.15, 0.2) is 11.5 Å². The monoisotopic (exact) mass is 350 g/mol. The van der Waals surface area contributed by atoms with E-state index in [0.717, 1.165) is 0 Å². The molecule has 0 saturated heterocycles. The number of carbonyl (C=O) groups is 1. The molecule has 0 unspecified atom stereocenters. The van der Waals surface area contributed by atoms with E-state index < -0.39 is 46.7 Å². The Bertz CT molecular complexity index is 410. The predicted molar refractivity (Wildman–Crippen MR) is 45.7 cm³/mol. The van der Waals surface area contributed by atoms with Gasteiger partial charge in [-0.05, 0) is 0 Å². The number of carbonyl (C=O) groups excluding carboxylic acids is 1. The summed E-state index contributed by atoms with van der Waals surface area (Å²) in [5.41, 5.74) is 0. The van der Waals surface area contributed by atoms with Crippen LogP contribution in [0.1, 0.15) is 0 Å². The third-order valence-electron chi connectivity index (χ3n) is 1.48. The Balaban J connectivity index is -0.000000320. The molecular formula is C6H8K2O10S. The number of rotatable bonds is 2. The average Bonchev–Trinajstić information content (AvgIpc) is 2.42. The normalized spacial score (nSPS) is 19.4. The number of hydrogen-bond acceptors (Lipinski definition) is 10. The second-order valence-corrected chi connectivity index (χ2v) is 3.53. The van der Waals surface area contributed by atoms with Gasteiger partial charge in [-0.1, -0.05) is 0 Å². The first kappa shape index (κ1) is 25.8. The van der Waals surface area contributed by atoms with Gasteiger partial charge in [0.15, 0.2) is 11.9 Å². The largest absolute Gasteiger partial charge is 1.00 e. The minimum atomic E-state index is -5.17. The Hall–Kier alpha value is 1.87. The molecule has 19 heavy (non-hydrogen) atoms. The number of aliphatic hydroxyl groups excluding tert-OH is 4. The van der Waals surface area contributed by atoms with Crippen LogP contribution in [-0.4, -0.2) is 62.7 Å². The summed E-state index contributed by atoms with van der Waals surface area (Å²) in [6.07, 6.45) is -2.78. The summed E-state index contributed by atoms with van der Waals surface area (Å²) in [6, 6.07) is 0. The van der Waals surface area contributed by atoms with E-state index in [1.807, 2.05) is 0 Å². The van der Waals surface area contributed by atoms with Crippen molar-refractivity contribution < 1.29 is 150 Å².